The van der Waals surface area contributed by atoms with E-state index in [1.165, 1.54) is 0 Å². The van der Waals surface area contributed by atoms with E-state index in [0.29, 0.717) is 0 Å². The lowest BCUT2D eigenvalue weighted by Crippen LogP contribution is -2.50. The predicted molar refractivity (Wildman–Crippen MR) is 61.1 cm³/mol. The van der Waals surface area contributed by atoms with E-state index in [1.54, 1.807) is 0 Å². The minimum atomic E-state index is -3.19. The Morgan fingerprint density at radius 1 is 1.19 bits per heavy atom. The molecule has 0 bridgehead atoms. The molecule has 6 N–H and O–H groups in total. The van der Waals surface area contributed by atoms with Crippen molar-refractivity contribution in [2.75, 3.05) is 6.61 Å². The lowest BCUT2D eigenvalue weighted by Gasteiger charge is -2.22. The molecule has 2 unspecified atom stereocenters. The van der Waals surface area contributed by atoms with Crippen LogP contribution in [0.5, 0.6) is 0 Å². The topological polar surface area (TPSA) is 145 Å². The molecule has 0 amide bonds. The molecule has 0 radical (unpaired) electrons. The van der Waals surface area contributed by atoms with Gasteiger partial charge in [0.05, 0.1) is 6.61 Å². The van der Waals surface area contributed by atoms with Gasteiger partial charge in [0.1, 0.15) is 0 Å². The number of nitrogens with two attached hydrogens (primary N) is 2. The molecule has 0 saturated heterocycles. The van der Waals surface area contributed by atoms with E-state index in [4.69, 9.17) is 21.3 Å². The van der Waals surface area contributed by atoms with E-state index in [9.17, 15) is 9.13 Å². The normalized spacial score (nSPS) is 14.8. The first-order valence-electron chi connectivity index (χ1n) is 4.19. The van der Waals surface area contributed by atoms with Crippen LogP contribution in [0.1, 0.15) is 12.8 Å². The third-order valence-electron chi connectivity index (χ3n) is 1.21. The SMILES string of the molecule is C=C.NC(N)(CCCO[PH](=O)O)O[PH](=O)O. The third kappa shape index (κ3) is 14.0. The van der Waals surface area contributed by atoms with Gasteiger partial charge in [0.15, 0.2) is 5.85 Å². The second-order valence-electron chi connectivity index (χ2n) is 2.54. The zero-order valence-electron chi connectivity index (χ0n) is 8.72. The third-order valence-corrected chi connectivity index (χ3v) is 2.22. The van der Waals surface area contributed by atoms with Crippen molar-refractivity contribution >= 4 is 16.5 Å². The number of rotatable bonds is 7. The van der Waals surface area contributed by atoms with Crippen molar-refractivity contribution in [3.05, 3.63) is 13.2 Å². The number of hydrogen-bond donors (Lipinski definition) is 4. The summed E-state index contributed by atoms with van der Waals surface area (Å²) in [6.45, 7) is 5.99. The van der Waals surface area contributed by atoms with Gasteiger partial charge in [0, 0.05) is 6.42 Å². The molecule has 98 valence electrons. The summed E-state index contributed by atoms with van der Waals surface area (Å²) < 4.78 is 29.0. The summed E-state index contributed by atoms with van der Waals surface area (Å²) in [6.07, 6.45) is 0.290. The van der Waals surface area contributed by atoms with Crippen LogP contribution in [0, 0.1) is 0 Å². The van der Waals surface area contributed by atoms with Gasteiger partial charge >= 0.3 is 16.5 Å². The van der Waals surface area contributed by atoms with Crippen LogP contribution in [0.15, 0.2) is 13.2 Å². The monoisotopic (exact) mass is 276 g/mol. The minimum absolute atomic E-state index is 0.0137. The highest BCUT2D eigenvalue weighted by atomic mass is 31.1. The van der Waals surface area contributed by atoms with Crippen LogP contribution < -0.4 is 11.5 Å². The van der Waals surface area contributed by atoms with E-state index in [0.717, 1.165) is 0 Å². The van der Waals surface area contributed by atoms with Gasteiger partial charge in [-0.25, -0.2) is 0 Å². The molecule has 0 spiro atoms. The highest BCUT2D eigenvalue weighted by Gasteiger charge is 2.21. The Bertz CT molecular complexity index is 237. The van der Waals surface area contributed by atoms with Crippen molar-refractivity contribution in [3.8, 4) is 0 Å². The summed E-state index contributed by atoms with van der Waals surface area (Å²) in [6, 6.07) is 0. The van der Waals surface area contributed by atoms with Gasteiger partial charge < -0.3 is 14.3 Å². The maximum atomic E-state index is 10.2. The smallest absolute Gasteiger partial charge is 0.319 e. The second-order valence-corrected chi connectivity index (χ2v) is 4.10. The summed E-state index contributed by atoms with van der Waals surface area (Å²) in [5.74, 6) is -1.71. The Balaban J connectivity index is 0. The Kier molecular flexibility index (Phi) is 11.6. The minimum Gasteiger partial charge on any atom is -0.326 e. The first-order valence-corrected chi connectivity index (χ1v) is 6.71. The maximum absolute atomic E-state index is 10.2. The molecule has 0 saturated carbocycles. The van der Waals surface area contributed by atoms with E-state index in [1.807, 2.05) is 0 Å². The Morgan fingerprint density at radius 2 is 1.69 bits per heavy atom. The molecule has 16 heavy (non-hydrogen) atoms. The fourth-order valence-corrected chi connectivity index (χ4v) is 1.47. The van der Waals surface area contributed by atoms with E-state index in [-0.39, 0.29) is 19.4 Å². The molecule has 0 aromatic carbocycles. The molecule has 2 atom stereocenters. The summed E-state index contributed by atoms with van der Waals surface area (Å²) in [4.78, 5) is 16.7. The second kappa shape index (κ2) is 10.1. The van der Waals surface area contributed by atoms with Crippen molar-refractivity contribution in [2.24, 2.45) is 11.5 Å². The van der Waals surface area contributed by atoms with Crippen molar-refractivity contribution in [1.82, 2.24) is 0 Å². The first-order chi connectivity index (χ1) is 7.33. The average Bonchev–Trinajstić information content (AvgIpc) is 2.13. The molecule has 0 aromatic rings. The summed E-state index contributed by atoms with van der Waals surface area (Å²) in [5, 5.41) is 0. The van der Waals surface area contributed by atoms with E-state index < -0.39 is 22.4 Å². The van der Waals surface area contributed by atoms with Crippen molar-refractivity contribution in [2.45, 2.75) is 18.7 Å². The fourth-order valence-electron chi connectivity index (χ4n) is 0.722. The largest absolute Gasteiger partial charge is 0.326 e. The number of hydrogen-bond acceptors (Lipinski definition) is 6. The van der Waals surface area contributed by atoms with Gasteiger partial charge in [0.25, 0.3) is 0 Å². The highest BCUT2D eigenvalue weighted by molar-refractivity contribution is 7.32. The quantitative estimate of drug-likeness (QED) is 0.219. The molecule has 0 heterocycles. The lowest BCUT2D eigenvalue weighted by molar-refractivity contribution is 0.0621. The first kappa shape index (κ1) is 18.3. The van der Waals surface area contributed by atoms with Crippen LogP contribution in [0.2, 0.25) is 0 Å². The zero-order chi connectivity index (χ0) is 13.2. The van der Waals surface area contributed by atoms with E-state index >= 15 is 0 Å². The molecule has 0 rings (SSSR count). The zero-order valence-corrected chi connectivity index (χ0v) is 10.7. The van der Waals surface area contributed by atoms with Gasteiger partial charge in [-0.05, 0) is 6.42 Å². The molecule has 10 heteroatoms. The van der Waals surface area contributed by atoms with Gasteiger partial charge in [-0.15, -0.1) is 13.2 Å². The lowest BCUT2D eigenvalue weighted by atomic mass is 10.2. The van der Waals surface area contributed by atoms with Crippen LogP contribution in [-0.4, -0.2) is 22.2 Å². The van der Waals surface area contributed by atoms with Crippen LogP contribution in [-0.2, 0) is 18.2 Å². The van der Waals surface area contributed by atoms with Crippen LogP contribution in [0.4, 0.5) is 0 Å². The molecular weight excluding hydrogens is 258 g/mol. The van der Waals surface area contributed by atoms with Crippen molar-refractivity contribution < 1.29 is 28.0 Å². The average molecular weight is 276 g/mol. The van der Waals surface area contributed by atoms with Crippen molar-refractivity contribution in [3.63, 3.8) is 0 Å². The molecule has 0 aliphatic rings. The maximum Gasteiger partial charge on any atom is 0.319 e. The van der Waals surface area contributed by atoms with Gasteiger partial charge in [-0.1, -0.05) is 0 Å². The fraction of sp³-hybridized carbons (Fsp3) is 0.667. The molecular formula is C6H18N2O6P2. The Morgan fingerprint density at radius 3 is 2.06 bits per heavy atom. The predicted octanol–water partition coefficient (Wildman–Crippen LogP) is -0.0628. The van der Waals surface area contributed by atoms with Crippen molar-refractivity contribution in [1.29, 1.82) is 0 Å². The Labute approximate surface area is 95.1 Å². The van der Waals surface area contributed by atoms with E-state index in [2.05, 4.69) is 22.2 Å². The molecule has 0 fully saturated rings. The summed E-state index contributed by atoms with van der Waals surface area (Å²) in [7, 11) is -6.14. The summed E-state index contributed by atoms with van der Waals surface area (Å²) in [5.41, 5.74) is 10.5. The van der Waals surface area contributed by atoms with Gasteiger partial charge in [0.2, 0.25) is 0 Å². The Hall–Kier alpha value is -0.0400. The molecule has 8 nitrogen and oxygen atoms in total. The summed E-state index contributed by atoms with van der Waals surface area (Å²) >= 11 is 0. The standard InChI is InChI=1S/C4H14N2O6P2.C2H4/c5-4(6,12-14(9)10)2-1-3-11-13(7)8;1-2/h13-14H,1-3,5-6H2,(H,7,8)(H,9,10);1-2H2. The van der Waals surface area contributed by atoms with Gasteiger partial charge in [-0.3, -0.25) is 25.1 Å². The highest BCUT2D eigenvalue weighted by Crippen LogP contribution is 2.23. The molecule has 0 aliphatic heterocycles. The van der Waals surface area contributed by atoms with Crippen LogP contribution >= 0.6 is 16.5 Å². The molecule has 0 aromatic heterocycles. The molecule has 0 aliphatic carbocycles. The van der Waals surface area contributed by atoms with Crippen LogP contribution in [0.25, 0.3) is 0 Å². The van der Waals surface area contributed by atoms with Crippen LogP contribution in [0.3, 0.4) is 0 Å². The van der Waals surface area contributed by atoms with Gasteiger partial charge in [-0.2, -0.15) is 0 Å².